The molecule has 0 spiro atoms. The molecule has 106 valence electrons. The van der Waals surface area contributed by atoms with Gasteiger partial charge in [0.2, 0.25) is 0 Å². The van der Waals surface area contributed by atoms with Crippen LogP contribution in [-0.4, -0.2) is 49.6 Å². The molecule has 1 aliphatic heterocycles. The molecule has 4 heteroatoms. The number of anilines is 2. The number of aliphatic hydroxyl groups is 2. The highest BCUT2D eigenvalue weighted by molar-refractivity contribution is 5.56. The molecule has 0 radical (unpaired) electrons. The molecule has 1 aromatic rings. The maximum absolute atomic E-state index is 9.05. The van der Waals surface area contributed by atoms with Gasteiger partial charge in [-0.1, -0.05) is 0 Å². The Hall–Kier alpha value is -1.26. The topological polar surface area (TPSA) is 46.9 Å². The van der Waals surface area contributed by atoms with E-state index in [4.69, 9.17) is 10.2 Å². The molecule has 0 amide bonds. The van der Waals surface area contributed by atoms with E-state index in [9.17, 15) is 0 Å². The quantitative estimate of drug-likeness (QED) is 0.817. The SMILES string of the molecule is OCCN(CCO)c1ccc(N2CCCCC2)cc1. The molecular weight excluding hydrogens is 240 g/mol. The van der Waals surface area contributed by atoms with Crippen LogP contribution < -0.4 is 9.80 Å². The summed E-state index contributed by atoms with van der Waals surface area (Å²) in [4.78, 5) is 4.43. The van der Waals surface area contributed by atoms with Crippen molar-refractivity contribution in [3.8, 4) is 0 Å². The summed E-state index contributed by atoms with van der Waals surface area (Å²) in [7, 11) is 0. The smallest absolute Gasteiger partial charge is 0.0606 e. The van der Waals surface area contributed by atoms with Crippen molar-refractivity contribution in [1.29, 1.82) is 0 Å². The van der Waals surface area contributed by atoms with Gasteiger partial charge in [0, 0.05) is 37.6 Å². The minimum absolute atomic E-state index is 0.105. The molecule has 0 aliphatic carbocycles. The van der Waals surface area contributed by atoms with E-state index in [0.29, 0.717) is 13.1 Å². The van der Waals surface area contributed by atoms with Gasteiger partial charge in [-0.3, -0.25) is 0 Å². The molecule has 1 aliphatic rings. The number of aliphatic hydroxyl groups excluding tert-OH is 2. The van der Waals surface area contributed by atoms with Gasteiger partial charge in [-0.15, -0.1) is 0 Å². The number of hydrogen-bond acceptors (Lipinski definition) is 4. The second kappa shape index (κ2) is 7.36. The van der Waals surface area contributed by atoms with Crippen LogP contribution in [0.15, 0.2) is 24.3 Å². The van der Waals surface area contributed by atoms with E-state index < -0.39 is 0 Å². The first-order valence-electron chi connectivity index (χ1n) is 7.17. The minimum Gasteiger partial charge on any atom is -0.395 e. The number of hydrogen-bond donors (Lipinski definition) is 2. The summed E-state index contributed by atoms with van der Waals surface area (Å²) in [6.45, 7) is 3.63. The van der Waals surface area contributed by atoms with E-state index in [1.54, 1.807) is 0 Å². The zero-order valence-electron chi connectivity index (χ0n) is 11.5. The Bertz CT molecular complexity index is 355. The normalized spacial score (nSPS) is 15.6. The van der Waals surface area contributed by atoms with Crippen molar-refractivity contribution in [2.24, 2.45) is 0 Å². The Kier molecular flexibility index (Phi) is 5.48. The average Bonchev–Trinajstić information content (AvgIpc) is 2.48. The molecular formula is C15H24N2O2. The van der Waals surface area contributed by atoms with Crippen LogP contribution in [0.2, 0.25) is 0 Å². The van der Waals surface area contributed by atoms with Crippen LogP contribution in [0, 0.1) is 0 Å². The van der Waals surface area contributed by atoms with Crippen molar-refractivity contribution in [3.05, 3.63) is 24.3 Å². The van der Waals surface area contributed by atoms with Gasteiger partial charge in [0.15, 0.2) is 0 Å². The average molecular weight is 264 g/mol. The molecule has 0 saturated carbocycles. The third-order valence-corrected chi connectivity index (χ3v) is 3.68. The third kappa shape index (κ3) is 3.85. The van der Waals surface area contributed by atoms with Gasteiger partial charge in [0.1, 0.15) is 0 Å². The van der Waals surface area contributed by atoms with Crippen LogP contribution in [0.25, 0.3) is 0 Å². The minimum atomic E-state index is 0.105. The predicted octanol–water partition coefficient (Wildman–Crippen LogP) is 1.47. The van der Waals surface area contributed by atoms with E-state index in [0.717, 1.165) is 18.8 Å². The Balaban J connectivity index is 2.03. The Morgan fingerprint density at radius 1 is 0.895 bits per heavy atom. The summed E-state index contributed by atoms with van der Waals surface area (Å²) in [6, 6.07) is 8.44. The predicted molar refractivity (Wildman–Crippen MR) is 78.9 cm³/mol. The number of piperidine rings is 1. The fraction of sp³-hybridized carbons (Fsp3) is 0.600. The van der Waals surface area contributed by atoms with Crippen molar-refractivity contribution in [3.63, 3.8) is 0 Å². The van der Waals surface area contributed by atoms with E-state index in [1.165, 1.54) is 24.9 Å². The highest BCUT2D eigenvalue weighted by Gasteiger charge is 2.11. The zero-order chi connectivity index (χ0) is 13.5. The lowest BCUT2D eigenvalue weighted by Crippen LogP contribution is -2.30. The summed E-state index contributed by atoms with van der Waals surface area (Å²) >= 11 is 0. The summed E-state index contributed by atoms with van der Waals surface area (Å²) in [6.07, 6.45) is 3.90. The highest BCUT2D eigenvalue weighted by Crippen LogP contribution is 2.23. The van der Waals surface area contributed by atoms with Crippen molar-refractivity contribution in [2.75, 3.05) is 49.2 Å². The molecule has 0 bridgehead atoms. The first-order valence-corrected chi connectivity index (χ1v) is 7.17. The van der Waals surface area contributed by atoms with Gasteiger partial charge in [0.25, 0.3) is 0 Å². The van der Waals surface area contributed by atoms with Gasteiger partial charge in [-0.05, 0) is 43.5 Å². The Labute approximate surface area is 115 Å². The summed E-state index contributed by atoms with van der Waals surface area (Å²) in [5.41, 5.74) is 2.33. The molecule has 0 aromatic heterocycles. The van der Waals surface area contributed by atoms with Crippen LogP contribution in [0.5, 0.6) is 0 Å². The fourth-order valence-electron chi connectivity index (χ4n) is 2.64. The van der Waals surface area contributed by atoms with Gasteiger partial charge >= 0.3 is 0 Å². The molecule has 19 heavy (non-hydrogen) atoms. The second-order valence-electron chi connectivity index (χ2n) is 5.00. The maximum atomic E-state index is 9.05. The largest absolute Gasteiger partial charge is 0.395 e. The van der Waals surface area contributed by atoms with Gasteiger partial charge < -0.3 is 20.0 Å². The summed E-state index contributed by atoms with van der Waals surface area (Å²) in [5, 5.41) is 18.1. The monoisotopic (exact) mass is 264 g/mol. The van der Waals surface area contributed by atoms with Crippen LogP contribution >= 0.6 is 0 Å². The van der Waals surface area contributed by atoms with Crippen LogP contribution in [0.3, 0.4) is 0 Å². The Morgan fingerprint density at radius 2 is 1.47 bits per heavy atom. The lowest BCUT2D eigenvalue weighted by atomic mass is 10.1. The van der Waals surface area contributed by atoms with Gasteiger partial charge in [-0.25, -0.2) is 0 Å². The molecule has 2 rings (SSSR count). The van der Waals surface area contributed by atoms with Gasteiger partial charge in [0.05, 0.1) is 13.2 Å². The van der Waals surface area contributed by atoms with Crippen molar-refractivity contribution < 1.29 is 10.2 Å². The van der Waals surface area contributed by atoms with Crippen molar-refractivity contribution in [1.82, 2.24) is 0 Å². The lowest BCUT2D eigenvalue weighted by Gasteiger charge is -2.29. The maximum Gasteiger partial charge on any atom is 0.0606 e. The molecule has 1 saturated heterocycles. The first-order chi connectivity index (χ1) is 9.35. The number of rotatable bonds is 6. The molecule has 4 nitrogen and oxygen atoms in total. The third-order valence-electron chi connectivity index (χ3n) is 3.68. The molecule has 1 aromatic carbocycles. The van der Waals surface area contributed by atoms with Crippen molar-refractivity contribution in [2.45, 2.75) is 19.3 Å². The lowest BCUT2D eigenvalue weighted by molar-refractivity contribution is 0.281. The van der Waals surface area contributed by atoms with Gasteiger partial charge in [-0.2, -0.15) is 0 Å². The van der Waals surface area contributed by atoms with E-state index in [2.05, 4.69) is 29.2 Å². The molecule has 0 atom stereocenters. The van der Waals surface area contributed by atoms with E-state index in [-0.39, 0.29) is 13.2 Å². The molecule has 1 fully saturated rings. The second-order valence-corrected chi connectivity index (χ2v) is 5.00. The first kappa shape index (κ1) is 14.2. The summed E-state index contributed by atoms with van der Waals surface area (Å²) < 4.78 is 0. The van der Waals surface area contributed by atoms with E-state index >= 15 is 0 Å². The van der Waals surface area contributed by atoms with E-state index in [1.807, 2.05) is 4.90 Å². The highest BCUT2D eigenvalue weighted by atomic mass is 16.3. The number of nitrogens with zero attached hydrogens (tertiary/aromatic N) is 2. The standard InChI is InChI=1S/C15H24N2O2/c18-12-10-17(11-13-19)15-6-4-14(5-7-15)16-8-2-1-3-9-16/h4-7,18-19H,1-3,8-13H2. The van der Waals surface area contributed by atoms with Crippen LogP contribution in [0.1, 0.15) is 19.3 Å². The number of benzene rings is 1. The fourth-order valence-corrected chi connectivity index (χ4v) is 2.64. The Morgan fingerprint density at radius 3 is 2.00 bits per heavy atom. The van der Waals surface area contributed by atoms with Crippen molar-refractivity contribution >= 4 is 11.4 Å². The molecule has 0 unspecified atom stereocenters. The molecule has 2 N–H and O–H groups in total. The summed E-state index contributed by atoms with van der Waals surface area (Å²) in [5.74, 6) is 0. The zero-order valence-corrected chi connectivity index (χ0v) is 11.5. The van der Waals surface area contributed by atoms with Crippen LogP contribution in [0.4, 0.5) is 11.4 Å². The van der Waals surface area contributed by atoms with Crippen LogP contribution in [-0.2, 0) is 0 Å². The molecule has 1 heterocycles.